The monoisotopic (exact) mass is 200 g/mol. The van der Waals surface area contributed by atoms with Crippen molar-refractivity contribution in [1.82, 2.24) is 4.98 Å². The van der Waals surface area contributed by atoms with Gasteiger partial charge in [-0.3, -0.25) is 4.98 Å². The minimum absolute atomic E-state index is 0.802. The van der Waals surface area contributed by atoms with Gasteiger partial charge in [0.2, 0.25) is 0 Å². The standard InChI is InChI=1S/C12H12N2O/c15-14-9-5-12(6-10-14)2-1-11-3-7-13-8-4-11/h3-10H,1-2H2. The van der Waals surface area contributed by atoms with E-state index in [2.05, 4.69) is 4.98 Å². The molecule has 0 amide bonds. The summed E-state index contributed by atoms with van der Waals surface area (Å²) >= 11 is 0. The van der Waals surface area contributed by atoms with E-state index in [1.165, 1.54) is 23.5 Å². The van der Waals surface area contributed by atoms with Crippen LogP contribution < -0.4 is 4.73 Å². The van der Waals surface area contributed by atoms with Gasteiger partial charge in [-0.15, -0.1) is 0 Å². The van der Waals surface area contributed by atoms with E-state index in [4.69, 9.17) is 0 Å². The largest absolute Gasteiger partial charge is 0.619 e. The molecule has 0 spiro atoms. The Morgan fingerprint density at radius 3 is 2.07 bits per heavy atom. The maximum Gasteiger partial charge on any atom is 0.180 e. The molecular weight excluding hydrogens is 188 g/mol. The Bertz CT molecular complexity index is 411. The van der Waals surface area contributed by atoms with Gasteiger partial charge >= 0.3 is 0 Å². The molecule has 3 nitrogen and oxygen atoms in total. The highest BCUT2D eigenvalue weighted by atomic mass is 16.5. The zero-order chi connectivity index (χ0) is 10.5. The van der Waals surface area contributed by atoms with Crippen molar-refractivity contribution in [2.45, 2.75) is 12.8 Å². The molecule has 0 aliphatic heterocycles. The van der Waals surface area contributed by atoms with E-state index in [1.54, 1.807) is 12.4 Å². The van der Waals surface area contributed by atoms with Gasteiger partial charge in [-0.05, 0) is 36.1 Å². The lowest BCUT2D eigenvalue weighted by Gasteiger charge is -2.01. The lowest BCUT2D eigenvalue weighted by Crippen LogP contribution is -2.23. The molecule has 0 fully saturated rings. The van der Waals surface area contributed by atoms with Crippen LogP contribution in [-0.2, 0) is 12.8 Å². The summed E-state index contributed by atoms with van der Waals surface area (Å²) in [6, 6.07) is 7.73. The Hall–Kier alpha value is -1.90. The van der Waals surface area contributed by atoms with Crippen LogP contribution in [0.3, 0.4) is 0 Å². The van der Waals surface area contributed by atoms with Gasteiger partial charge in [0, 0.05) is 24.5 Å². The first-order valence-electron chi connectivity index (χ1n) is 4.91. The Labute approximate surface area is 88.6 Å². The highest BCUT2D eigenvalue weighted by Gasteiger charge is 1.96. The Morgan fingerprint density at radius 2 is 1.47 bits per heavy atom. The second kappa shape index (κ2) is 4.55. The highest BCUT2D eigenvalue weighted by Crippen LogP contribution is 2.04. The Morgan fingerprint density at radius 1 is 0.933 bits per heavy atom. The summed E-state index contributed by atoms with van der Waals surface area (Å²) in [4.78, 5) is 3.97. The summed E-state index contributed by atoms with van der Waals surface area (Å²) in [5, 5.41) is 10.8. The van der Waals surface area contributed by atoms with Crippen LogP contribution in [0, 0.1) is 5.21 Å². The van der Waals surface area contributed by atoms with Crippen molar-refractivity contribution in [3.63, 3.8) is 0 Å². The van der Waals surface area contributed by atoms with Gasteiger partial charge in [-0.25, -0.2) is 0 Å². The predicted molar refractivity (Wildman–Crippen MR) is 57.0 cm³/mol. The fourth-order valence-electron chi connectivity index (χ4n) is 1.45. The number of pyridine rings is 2. The molecule has 2 rings (SSSR count). The predicted octanol–water partition coefficient (Wildman–Crippen LogP) is 1.50. The number of hydrogen-bond donors (Lipinski definition) is 0. The van der Waals surface area contributed by atoms with Gasteiger partial charge in [0.25, 0.3) is 0 Å². The van der Waals surface area contributed by atoms with Crippen LogP contribution in [0.4, 0.5) is 0 Å². The van der Waals surface area contributed by atoms with Crippen LogP contribution in [0.15, 0.2) is 49.1 Å². The highest BCUT2D eigenvalue weighted by molar-refractivity contribution is 5.14. The zero-order valence-electron chi connectivity index (χ0n) is 8.34. The van der Waals surface area contributed by atoms with E-state index in [-0.39, 0.29) is 0 Å². The second-order valence-corrected chi connectivity index (χ2v) is 3.42. The van der Waals surface area contributed by atoms with Crippen LogP contribution in [0.2, 0.25) is 0 Å². The van der Waals surface area contributed by atoms with Crippen molar-refractivity contribution in [3.8, 4) is 0 Å². The minimum Gasteiger partial charge on any atom is -0.619 e. The molecule has 0 bridgehead atoms. The molecule has 0 aliphatic carbocycles. The molecule has 0 saturated heterocycles. The molecule has 0 N–H and O–H groups in total. The molecule has 2 heterocycles. The Kier molecular flexibility index (Phi) is 2.93. The average molecular weight is 200 g/mol. The van der Waals surface area contributed by atoms with E-state index in [9.17, 15) is 5.21 Å². The van der Waals surface area contributed by atoms with Crippen LogP contribution in [-0.4, -0.2) is 4.98 Å². The molecular formula is C12H12N2O. The average Bonchev–Trinajstić information content (AvgIpc) is 2.30. The molecule has 76 valence electrons. The maximum absolute atomic E-state index is 10.8. The number of aryl methyl sites for hydroxylation is 2. The third-order valence-electron chi connectivity index (χ3n) is 2.32. The molecule has 0 atom stereocenters. The van der Waals surface area contributed by atoms with E-state index in [0.29, 0.717) is 0 Å². The van der Waals surface area contributed by atoms with Gasteiger partial charge in [-0.2, -0.15) is 4.73 Å². The van der Waals surface area contributed by atoms with E-state index < -0.39 is 0 Å². The topological polar surface area (TPSA) is 39.8 Å². The van der Waals surface area contributed by atoms with Crippen LogP contribution in [0.5, 0.6) is 0 Å². The summed E-state index contributed by atoms with van der Waals surface area (Å²) in [6.45, 7) is 0. The van der Waals surface area contributed by atoms with Crippen molar-refractivity contribution < 1.29 is 4.73 Å². The molecule has 0 radical (unpaired) electrons. The molecule has 3 heteroatoms. The first-order valence-corrected chi connectivity index (χ1v) is 4.91. The number of nitrogens with zero attached hydrogens (tertiary/aromatic N) is 2. The lowest BCUT2D eigenvalue weighted by atomic mass is 10.1. The summed E-state index contributed by atoms with van der Waals surface area (Å²) in [7, 11) is 0. The summed E-state index contributed by atoms with van der Waals surface area (Å²) in [6.07, 6.45) is 8.58. The van der Waals surface area contributed by atoms with E-state index in [0.717, 1.165) is 17.6 Å². The minimum atomic E-state index is 0.802. The molecule has 0 unspecified atom stereocenters. The summed E-state index contributed by atoms with van der Waals surface area (Å²) < 4.78 is 0.802. The van der Waals surface area contributed by atoms with Crippen molar-refractivity contribution in [2.24, 2.45) is 0 Å². The third kappa shape index (κ3) is 2.77. The van der Waals surface area contributed by atoms with Crippen molar-refractivity contribution in [1.29, 1.82) is 0 Å². The third-order valence-corrected chi connectivity index (χ3v) is 2.32. The van der Waals surface area contributed by atoms with Gasteiger partial charge in [0.15, 0.2) is 12.4 Å². The molecule has 2 aromatic heterocycles. The first-order chi connectivity index (χ1) is 7.34. The molecule has 0 saturated carbocycles. The van der Waals surface area contributed by atoms with Gasteiger partial charge in [0.1, 0.15) is 0 Å². The fraction of sp³-hybridized carbons (Fsp3) is 0.167. The van der Waals surface area contributed by atoms with E-state index in [1.807, 2.05) is 24.3 Å². The van der Waals surface area contributed by atoms with Gasteiger partial charge in [-0.1, -0.05) is 0 Å². The van der Waals surface area contributed by atoms with Gasteiger partial charge in [0.05, 0.1) is 0 Å². The quantitative estimate of drug-likeness (QED) is 0.556. The van der Waals surface area contributed by atoms with Crippen molar-refractivity contribution >= 4 is 0 Å². The second-order valence-electron chi connectivity index (χ2n) is 3.42. The van der Waals surface area contributed by atoms with Crippen molar-refractivity contribution in [2.75, 3.05) is 0 Å². The summed E-state index contributed by atoms with van der Waals surface area (Å²) in [5.74, 6) is 0. The molecule has 2 aromatic rings. The molecule has 0 aromatic carbocycles. The van der Waals surface area contributed by atoms with Crippen LogP contribution in [0.1, 0.15) is 11.1 Å². The molecule has 15 heavy (non-hydrogen) atoms. The van der Waals surface area contributed by atoms with E-state index >= 15 is 0 Å². The Balaban J connectivity index is 1.96. The number of rotatable bonds is 3. The number of hydrogen-bond acceptors (Lipinski definition) is 2. The first kappa shape index (κ1) is 9.65. The maximum atomic E-state index is 10.8. The van der Waals surface area contributed by atoms with Crippen molar-refractivity contribution in [3.05, 3.63) is 65.4 Å². The summed E-state index contributed by atoms with van der Waals surface area (Å²) in [5.41, 5.74) is 2.45. The normalized spacial score (nSPS) is 10.1. The van der Waals surface area contributed by atoms with Crippen LogP contribution >= 0.6 is 0 Å². The smallest absolute Gasteiger partial charge is 0.180 e. The zero-order valence-corrected chi connectivity index (χ0v) is 8.34. The fourth-order valence-corrected chi connectivity index (χ4v) is 1.45. The molecule has 0 aliphatic rings. The van der Waals surface area contributed by atoms with Gasteiger partial charge < -0.3 is 5.21 Å². The lowest BCUT2D eigenvalue weighted by molar-refractivity contribution is -0.605. The van der Waals surface area contributed by atoms with Crippen LogP contribution in [0.25, 0.3) is 0 Å². The number of aromatic nitrogens is 2. The SMILES string of the molecule is [O-][n+]1ccc(CCc2ccncc2)cc1.